The fourth-order valence-corrected chi connectivity index (χ4v) is 13.2. The Kier molecular flexibility index (Phi) is 7.66. The van der Waals surface area contributed by atoms with E-state index >= 15 is 0 Å². The van der Waals surface area contributed by atoms with Crippen molar-refractivity contribution in [1.82, 2.24) is 4.57 Å². The molecule has 0 amide bonds. The van der Waals surface area contributed by atoms with E-state index in [4.69, 9.17) is 0 Å². The first-order valence-corrected chi connectivity index (χ1v) is 22.1. The van der Waals surface area contributed by atoms with Crippen LogP contribution in [0.5, 0.6) is 0 Å². The van der Waals surface area contributed by atoms with Crippen LogP contribution in [0.4, 0.5) is 0 Å². The first-order chi connectivity index (χ1) is 28.7. The van der Waals surface area contributed by atoms with E-state index < -0.39 is 5.41 Å². The molecule has 58 heavy (non-hydrogen) atoms. The Morgan fingerprint density at radius 3 is 2.26 bits per heavy atom. The Morgan fingerprint density at radius 2 is 1.45 bits per heavy atom. The number of hydrogen-bond donors (Lipinski definition) is 0. The zero-order valence-electron chi connectivity index (χ0n) is 33.8. The molecule has 7 aliphatic carbocycles. The molecule has 4 aromatic carbocycles. The van der Waals surface area contributed by atoms with Gasteiger partial charge in [0.05, 0.1) is 16.3 Å². The molecule has 2 spiro atoms. The van der Waals surface area contributed by atoms with E-state index in [9.17, 15) is 0 Å². The number of aryl methyl sites for hydroxylation is 1. The quantitative estimate of drug-likeness (QED) is 0.125. The third kappa shape index (κ3) is 4.32. The zero-order valence-corrected chi connectivity index (χ0v) is 33.8. The number of allylic oxidation sites excluding steroid dienone is 15. The minimum absolute atomic E-state index is 0.211. The number of hydrogen-bond acceptors (Lipinski definition) is 0. The van der Waals surface area contributed by atoms with Gasteiger partial charge in [0.15, 0.2) is 0 Å². The number of fused-ring (bicyclic) bond motifs is 19. The molecule has 0 N–H and O–H groups in total. The van der Waals surface area contributed by atoms with Crippen LogP contribution in [0.3, 0.4) is 0 Å². The molecule has 0 saturated carbocycles. The molecular formula is C57H51N. The van der Waals surface area contributed by atoms with Crippen LogP contribution in [0.25, 0.3) is 33.8 Å². The van der Waals surface area contributed by atoms with Crippen LogP contribution in [0.1, 0.15) is 97.0 Å². The van der Waals surface area contributed by atoms with E-state index in [1.54, 1.807) is 11.1 Å². The zero-order chi connectivity index (χ0) is 38.6. The van der Waals surface area contributed by atoms with Gasteiger partial charge in [0.25, 0.3) is 0 Å². The second-order valence-electron chi connectivity index (χ2n) is 17.9. The van der Waals surface area contributed by atoms with Gasteiger partial charge in [0.2, 0.25) is 0 Å². The highest BCUT2D eigenvalue weighted by Crippen LogP contribution is 2.70. The van der Waals surface area contributed by atoms with Crippen molar-refractivity contribution in [2.24, 2.45) is 23.7 Å². The van der Waals surface area contributed by atoms with Crippen molar-refractivity contribution < 1.29 is 0 Å². The second-order valence-corrected chi connectivity index (χ2v) is 17.9. The molecule has 5 aromatic rings. The summed E-state index contributed by atoms with van der Waals surface area (Å²) in [4.78, 5) is 0. The molecule has 1 heteroatoms. The van der Waals surface area contributed by atoms with Crippen LogP contribution in [0.15, 0.2) is 169 Å². The SMILES string of the molecule is C/C=C\C=C/C(C)C1C=C(n2c3c(c4c5c(ccc42)C2(c4ccccc4-5)c4ccccc4C4(C5=C(CCC=C5)C5CCC=CC54)c4ccccc42)CCC=C3)C=CC1. The molecule has 7 aliphatic rings. The number of benzene rings is 4. The smallest absolute Gasteiger partial charge is 0.0720 e. The summed E-state index contributed by atoms with van der Waals surface area (Å²) in [5.41, 5.74) is 19.8. The lowest BCUT2D eigenvalue weighted by atomic mass is 9.50. The monoisotopic (exact) mass is 749 g/mol. The first kappa shape index (κ1) is 34.4. The highest BCUT2D eigenvalue weighted by Gasteiger charge is 2.62. The maximum atomic E-state index is 2.63. The Labute approximate surface area is 343 Å². The van der Waals surface area contributed by atoms with Crippen LogP contribution in [-0.2, 0) is 17.3 Å². The average Bonchev–Trinajstić information content (AvgIpc) is 3.89. The molecular weight excluding hydrogens is 699 g/mol. The van der Waals surface area contributed by atoms with Crippen molar-refractivity contribution in [2.45, 2.75) is 69.6 Å². The molecule has 4 unspecified atom stereocenters. The van der Waals surface area contributed by atoms with Gasteiger partial charge < -0.3 is 4.57 Å². The van der Waals surface area contributed by atoms with Crippen LogP contribution >= 0.6 is 0 Å². The lowest BCUT2D eigenvalue weighted by molar-refractivity contribution is 0.340. The van der Waals surface area contributed by atoms with Gasteiger partial charge in [-0.2, -0.15) is 0 Å². The predicted molar refractivity (Wildman–Crippen MR) is 243 cm³/mol. The molecule has 1 aromatic heterocycles. The normalized spacial score (nSPS) is 27.6. The van der Waals surface area contributed by atoms with E-state index in [2.05, 4.69) is 182 Å². The van der Waals surface area contributed by atoms with E-state index in [-0.39, 0.29) is 5.41 Å². The standard InChI is InChI=1S/C57H51N/c1-3-4-5-19-37(2)38-20-18-21-39(36-38)58-52-33-17-9-25-43(52)55-53(58)35-34-51-54(55)42-24-8-12-28-46(42)57(51)49-31-15-13-29-47(49)56(48-30-14-16-32-50(48)57)44-26-10-6-22-40(44)41-23-7-11-27-45(41)56/h3-5,8,10-19,21,24,26-38,40,44H,6-7,9,20,22-23,25H2,1-2H3/b4-3-,19-5-. The largest absolute Gasteiger partial charge is 0.310 e. The van der Waals surface area contributed by atoms with Crippen LogP contribution in [0, 0.1) is 23.7 Å². The molecule has 0 fully saturated rings. The third-order valence-corrected chi connectivity index (χ3v) is 15.4. The average molecular weight is 750 g/mol. The highest BCUT2D eigenvalue weighted by atomic mass is 15.0. The molecule has 0 saturated heterocycles. The van der Waals surface area contributed by atoms with Crippen molar-refractivity contribution in [3.8, 4) is 11.1 Å². The van der Waals surface area contributed by atoms with Crippen LogP contribution in [-0.4, -0.2) is 4.57 Å². The van der Waals surface area contributed by atoms with Crippen LogP contribution < -0.4 is 0 Å². The van der Waals surface area contributed by atoms with Crippen molar-refractivity contribution in [2.75, 3.05) is 0 Å². The van der Waals surface area contributed by atoms with E-state index in [0.717, 1.165) is 25.7 Å². The Balaban J connectivity index is 1.15. The Bertz CT molecular complexity index is 2770. The minimum Gasteiger partial charge on any atom is -0.310 e. The lowest BCUT2D eigenvalue weighted by Gasteiger charge is -2.51. The molecule has 0 bridgehead atoms. The van der Waals surface area contributed by atoms with E-state index in [1.165, 1.54) is 91.6 Å². The van der Waals surface area contributed by atoms with Crippen molar-refractivity contribution in [3.05, 3.63) is 214 Å². The summed E-state index contributed by atoms with van der Waals surface area (Å²) in [5, 5.41) is 1.45. The number of nitrogens with zero attached hydrogens (tertiary/aromatic N) is 1. The van der Waals surface area contributed by atoms with Gasteiger partial charge in [0, 0.05) is 22.7 Å². The van der Waals surface area contributed by atoms with Gasteiger partial charge in [-0.1, -0.05) is 158 Å². The Morgan fingerprint density at radius 1 is 0.707 bits per heavy atom. The van der Waals surface area contributed by atoms with Gasteiger partial charge in [-0.3, -0.25) is 0 Å². The van der Waals surface area contributed by atoms with Crippen molar-refractivity contribution >= 4 is 22.7 Å². The first-order valence-electron chi connectivity index (χ1n) is 22.1. The van der Waals surface area contributed by atoms with Gasteiger partial charge in [-0.15, -0.1) is 0 Å². The summed E-state index contributed by atoms with van der Waals surface area (Å²) >= 11 is 0. The third-order valence-electron chi connectivity index (χ3n) is 15.4. The predicted octanol–water partition coefficient (Wildman–Crippen LogP) is 14.0. The van der Waals surface area contributed by atoms with E-state index in [1.807, 2.05) is 0 Å². The molecule has 284 valence electrons. The summed E-state index contributed by atoms with van der Waals surface area (Å²) in [6.07, 6.45) is 39.1. The topological polar surface area (TPSA) is 4.93 Å². The van der Waals surface area contributed by atoms with Gasteiger partial charge >= 0.3 is 0 Å². The summed E-state index contributed by atoms with van der Waals surface area (Å²) in [7, 11) is 0. The maximum absolute atomic E-state index is 2.63. The maximum Gasteiger partial charge on any atom is 0.0720 e. The van der Waals surface area contributed by atoms with Gasteiger partial charge in [0.1, 0.15) is 0 Å². The molecule has 4 atom stereocenters. The fourth-order valence-electron chi connectivity index (χ4n) is 13.2. The van der Waals surface area contributed by atoms with Gasteiger partial charge in [-0.05, 0) is 143 Å². The molecule has 12 rings (SSSR count). The van der Waals surface area contributed by atoms with Gasteiger partial charge in [-0.25, -0.2) is 0 Å². The summed E-state index contributed by atoms with van der Waals surface area (Å²) < 4.78 is 2.61. The molecule has 0 aliphatic heterocycles. The van der Waals surface area contributed by atoms with Crippen molar-refractivity contribution in [1.29, 1.82) is 0 Å². The number of aromatic nitrogens is 1. The fraction of sp³-hybridized carbons (Fsp3) is 0.263. The molecule has 1 heterocycles. The molecule has 1 nitrogen and oxygen atoms in total. The number of rotatable bonds is 4. The minimum atomic E-state index is -0.433. The highest BCUT2D eigenvalue weighted by molar-refractivity contribution is 6.08. The Hall–Kier alpha value is -5.66. The summed E-state index contributed by atoms with van der Waals surface area (Å²) in [6.45, 7) is 4.45. The second kappa shape index (κ2) is 12.9. The van der Waals surface area contributed by atoms with Crippen LogP contribution in [0.2, 0.25) is 0 Å². The molecule has 0 radical (unpaired) electrons. The lowest BCUT2D eigenvalue weighted by Crippen LogP contribution is -2.47. The van der Waals surface area contributed by atoms with Crippen molar-refractivity contribution in [3.63, 3.8) is 0 Å². The summed E-state index contributed by atoms with van der Waals surface area (Å²) in [5.74, 6) is 1.91. The van der Waals surface area contributed by atoms with E-state index in [0.29, 0.717) is 23.7 Å². The summed E-state index contributed by atoms with van der Waals surface area (Å²) in [6, 6.07) is 33.9.